The molecule has 86 valence electrons. The van der Waals surface area contributed by atoms with Crippen molar-refractivity contribution in [2.45, 2.75) is 0 Å². The van der Waals surface area contributed by atoms with Crippen LogP contribution in [0.25, 0.3) is 0 Å². The first-order valence-electron chi connectivity index (χ1n) is 4.83. The molecule has 0 amide bonds. The highest BCUT2D eigenvalue weighted by atomic mass is 127. The van der Waals surface area contributed by atoms with Crippen LogP contribution in [0.2, 0.25) is 0 Å². The van der Waals surface area contributed by atoms with Crippen LogP contribution in [0.1, 0.15) is 15.9 Å². The third kappa shape index (κ3) is 2.69. The number of hydrogen-bond acceptors (Lipinski definition) is 1. The summed E-state index contributed by atoms with van der Waals surface area (Å²) < 4.78 is 26.8. The zero-order valence-corrected chi connectivity index (χ0v) is 10.7. The molecule has 0 atom stereocenters. The van der Waals surface area contributed by atoms with Crippen LogP contribution in [-0.4, -0.2) is 5.78 Å². The highest BCUT2D eigenvalue weighted by molar-refractivity contribution is 14.1. The molecule has 0 bridgehead atoms. The van der Waals surface area contributed by atoms with Gasteiger partial charge in [-0.2, -0.15) is 0 Å². The third-order valence-electron chi connectivity index (χ3n) is 2.24. The zero-order valence-electron chi connectivity index (χ0n) is 8.58. The molecule has 1 nitrogen and oxygen atoms in total. The fourth-order valence-corrected chi connectivity index (χ4v) is 2.12. The van der Waals surface area contributed by atoms with E-state index in [1.54, 1.807) is 24.3 Å². The van der Waals surface area contributed by atoms with Crippen molar-refractivity contribution in [2.75, 3.05) is 0 Å². The van der Waals surface area contributed by atoms with Gasteiger partial charge in [-0.15, -0.1) is 0 Å². The van der Waals surface area contributed by atoms with Crippen LogP contribution in [0.15, 0.2) is 42.5 Å². The van der Waals surface area contributed by atoms with Crippen LogP contribution < -0.4 is 0 Å². The highest BCUT2D eigenvalue weighted by Crippen LogP contribution is 2.17. The zero-order chi connectivity index (χ0) is 12.4. The van der Waals surface area contributed by atoms with Crippen molar-refractivity contribution < 1.29 is 13.6 Å². The lowest BCUT2D eigenvalue weighted by atomic mass is 10.0. The van der Waals surface area contributed by atoms with Gasteiger partial charge in [0.1, 0.15) is 11.6 Å². The van der Waals surface area contributed by atoms with Crippen molar-refractivity contribution in [3.05, 3.63) is 68.8 Å². The summed E-state index contributed by atoms with van der Waals surface area (Å²) in [6.45, 7) is 0. The van der Waals surface area contributed by atoms with E-state index in [-0.39, 0.29) is 11.3 Å². The van der Waals surface area contributed by atoms with Gasteiger partial charge in [-0.1, -0.05) is 12.1 Å². The number of ketones is 1. The van der Waals surface area contributed by atoms with Gasteiger partial charge in [0.15, 0.2) is 5.78 Å². The highest BCUT2D eigenvalue weighted by Gasteiger charge is 2.13. The summed E-state index contributed by atoms with van der Waals surface area (Å²) in [5, 5.41) is 0. The first-order valence-corrected chi connectivity index (χ1v) is 5.91. The van der Waals surface area contributed by atoms with Crippen LogP contribution in [0.5, 0.6) is 0 Å². The molecule has 0 radical (unpaired) electrons. The smallest absolute Gasteiger partial charge is 0.194 e. The van der Waals surface area contributed by atoms with Gasteiger partial charge in [0.05, 0.1) is 0 Å². The van der Waals surface area contributed by atoms with Crippen molar-refractivity contribution >= 4 is 28.4 Å². The molecule has 2 aromatic rings. The van der Waals surface area contributed by atoms with E-state index in [4.69, 9.17) is 0 Å². The number of carbonyl (C=O) groups is 1. The van der Waals surface area contributed by atoms with E-state index in [0.29, 0.717) is 5.56 Å². The Bertz CT molecular complexity index is 561. The maximum absolute atomic E-state index is 13.0. The average molecular weight is 344 g/mol. The molecule has 0 saturated carbocycles. The van der Waals surface area contributed by atoms with Crippen molar-refractivity contribution in [3.63, 3.8) is 0 Å². The van der Waals surface area contributed by atoms with E-state index in [1.165, 1.54) is 0 Å². The SMILES string of the molecule is O=C(c1cc(F)cc(F)c1)c1ccccc1I. The summed E-state index contributed by atoms with van der Waals surface area (Å²) in [6, 6.07) is 9.72. The lowest BCUT2D eigenvalue weighted by Crippen LogP contribution is -2.04. The molecule has 0 fully saturated rings. The van der Waals surface area contributed by atoms with E-state index in [0.717, 1.165) is 21.8 Å². The Kier molecular flexibility index (Phi) is 3.51. The first kappa shape index (κ1) is 12.2. The minimum Gasteiger partial charge on any atom is -0.289 e. The molecule has 0 heterocycles. The van der Waals surface area contributed by atoms with Gasteiger partial charge in [-0.25, -0.2) is 8.78 Å². The predicted octanol–water partition coefficient (Wildman–Crippen LogP) is 3.80. The Morgan fingerprint density at radius 1 is 1.00 bits per heavy atom. The van der Waals surface area contributed by atoms with Crippen molar-refractivity contribution in [1.82, 2.24) is 0 Å². The van der Waals surface area contributed by atoms with Crippen molar-refractivity contribution in [1.29, 1.82) is 0 Å². The number of carbonyl (C=O) groups excluding carboxylic acids is 1. The van der Waals surface area contributed by atoms with Crippen LogP contribution in [0, 0.1) is 15.2 Å². The number of halogens is 3. The van der Waals surface area contributed by atoms with Gasteiger partial charge in [0.2, 0.25) is 0 Å². The van der Waals surface area contributed by atoms with E-state index in [2.05, 4.69) is 0 Å². The summed E-state index contributed by atoms with van der Waals surface area (Å²) >= 11 is 2.01. The summed E-state index contributed by atoms with van der Waals surface area (Å²) in [6.07, 6.45) is 0. The van der Waals surface area contributed by atoms with Crippen LogP contribution in [0.4, 0.5) is 8.78 Å². The Labute approximate surface area is 111 Å². The molecule has 0 aromatic heterocycles. The Morgan fingerprint density at radius 2 is 1.59 bits per heavy atom. The monoisotopic (exact) mass is 344 g/mol. The third-order valence-corrected chi connectivity index (χ3v) is 3.18. The lowest BCUT2D eigenvalue weighted by Gasteiger charge is -2.04. The fourth-order valence-electron chi connectivity index (χ4n) is 1.49. The number of hydrogen-bond donors (Lipinski definition) is 0. The Hall–Kier alpha value is -1.30. The van der Waals surface area contributed by atoms with Gasteiger partial charge in [-0.05, 0) is 46.9 Å². The molecule has 0 N–H and O–H groups in total. The summed E-state index contributed by atoms with van der Waals surface area (Å²) in [7, 11) is 0. The summed E-state index contributed by atoms with van der Waals surface area (Å²) in [4.78, 5) is 12.0. The Balaban J connectivity index is 2.48. The Morgan fingerprint density at radius 3 is 2.18 bits per heavy atom. The van der Waals surface area contributed by atoms with Crippen LogP contribution >= 0.6 is 22.6 Å². The van der Waals surface area contributed by atoms with Gasteiger partial charge in [0, 0.05) is 20.8 Å². The molecule has 17 heavy (non-hydrogen) atoms. The van der Waals surface area contributed by atoms with Gasteiger partial charge in [-0.3, -0.25) is 4.79 Å². The van der Waals surface area contributed by atoms with E-state index < -0.39 is 11.6 Å². The summed E-state index contributed by atoms with van der Waals surface area (Å²) in [5.41, 5.74) is 0.463. The van der Waals surface area contributed by atoms with E-state index >= 15 is 0 Å². The molecule has 0 saturated heterocycles. The first-order chi connectivity index (χ1) is 8.08. The maximum atomic E-state index is 13.0. The van der Waals surface area contributed by atoms with Crippen LogP contribution in [0.3, 0.4) is 0 Å². The normalized spacial score (nSPS) is 10.3. The van der Waals surface area contributed by atoms with Crippen molar-refractivity contribution in [2.24, 2.45) is 0 Å². The standard InChI is InChI=1S/C13H7F2IO/c14-9-5-8(6-10(15)7-9)13(17)11-3-1-2-4-12(11)16/h1-7H. The lowest BCUT2D eigenvalue weighted by molar-refractivity contribution is 0.103. The molecule has 0 aliphatic heterocycles. The average Bonchev–Trinajstić information content (AvgIpc) is 2.27. The topological polar surface area (TPSA) is 17.1 Å². The maximum Gasteiger partial charge on any atom is 0.194 e. The van der Waals surface area contributed by atoms with Gasteiger partial charge in [0.25, 0.3) is 0 Å². The second kappa shape index (κ2) is 4.91. The van der Waals surface area contributed by atoms with Gasteiger partial charge < -0.3 is 0 Å². The molecule has 2 rings (SSSR count). The van der Waals surface area contributed by atoms with Crippen molar-refractivity contribution in [3.8, 4) is 0 Å². The summed E-state index contributed by atoms with van der Waals surface area (Å²) in [5.74, 6) is -1.88. The van der Waals surface area contributed by atoms with E-state index in [1.807, 2.05) is 22.6 Å². The quantitative estimate of drug-likeness (QED) is 0.598. The predicted molar refractivity (Wildman–Crippen MR) is 68.9 cm³/mol. The van der Waals surface area contributed by atoms with E-state index in [9.17, 15) is 13.6 Å². The molecule has 0 spiro atoms. The van der Waals surface area contributed by atoms with Gasteiger partial charge >= 0.3 is 0 Å². The number of rotatable bonds is 2. The largest absolute Gasteiger partial charge is 0.289 e. The minimum atomic E-state index is -0.751. The fraction of sp³-hybridized carbons (Fsp3) is 0. The minimum absolute atomic E-state index is 0.0200. The molecule has 4 heteroatoms. The molecule has 2 aromatic carbocycles. The van der Waals surface area contributed by atoms with Crippen LogP contribution in [-0.2, 0) is 0 Å². The molecule has 0 aliphatic rings. The number of benzene rings is 2. The molecular formula is C13H7F2IO. The molecule has 0 unspecified atom stereocenters. The molecule has 0 aliphatic carbocycles. The second-order valence-electron chi connectivity index (χ2n) is 3.47. The second-order valence-corrected chi connectivity index (χ2v) is 4.63. The molecular weight excluding hydrogens is 337 g/mol.